The first-order valence-electron chi connectivity index (χ1n) is 5.80. The number of hydrogen-bond acceptors (Lipinski definition) is 1. The summed E-state index contributed by atoms with van der Waals surface area (Å²) in [6, 6.07) is 11.1. The number of aromatic nitrogens is 2. The van der Waals surface area contributed by atoms with Crippen LogP contribution in [0.25, 0.3) is 11.0 Å². The second-order valence-electron chi connectivity index (χ2n) is 4.31. The SMILES string of the molecule is Clc1cc2nc(Cl)n(Cc3ccccc3Cl)c2cc1Cl. The van der Waals surface area contributed by atoms with E-state index in [-0.39, 0.29) is 0 Å². The first-order chi connectivity index (χ1) is 9.56. The van der Waals surface area contributed by atoms with Crippen LogP contribution in [-0.4, -0.2) is 9.55 Å². The van der Waals surface area contributed by atoms with Crippen molar-refractivity contribution >= 4 is 57.4 Å². The molecule has 6 heteroatoms. The molecule has 2 nitrogen and oxygen atoms in total. The Morgan fingerprint density at radius 2 is 1.60 bits per heavy atom. The molecule has 3 rings (SSSR count). The van der Waals surface area contributed by atoms with E-state index < -0.39 is 0 Å². The van der Waals surface area contributed by atoms with Crippen molar-refractivity contribution in [2.45, 2.75) is 6.54 Å². The lowest BCUT2D eigenvalue weighted by Crippen LogP contribution is -2.00. The van der Waals surface area contributed by atoms with Gasteiger partial charge >= 0.3 is 0 Å². The van der Waals surface area contributed by atoms with Gasteiger partial charge in [0, 0.05) is 5.02 Å². The van der Waals surface area contributed by atoms with Gasteiger partial charge in [-0.2, -0.15) is 0 Å². The average Bonchev–Trinajstić information content (AvgIpc) is 2.69. The van der Waals surface area contributed by atoms with E-state index in [0.717, 1.165) is 11.1 Å². The maximum Gasteiger partial charge on any atom is 0.204 e. The number of halogens is 4. The lowest BCUT2D eigenvalue weighted by Gasteiger charge is -2.08. The quantitative estimate of drug-likeness (QED) is 0.582. The molecule has 0 bridgehead atoms. The summed E-state index contributed by atoms with van der Waals surface area (Å²) in [6.07, 6.45) is 0. The summed E-state index contributed by atoms with van der Waals surface area (Å²) in [6.45, 7) is 0.521. The fourth-order valence-corrected chi connectivity index (χ4v) is 2.79. The van der Waals surface area contributed by atoms with Gasteiger partial charge in [0.25, 0.3) is 0 Å². The molecule has 0 fully saturated rings. The second kappa shape index (κ2) is 5.45. The highest BCUT2D eigenvalue weighted by atomic mass is 35.5. The smallest absolute Gasteiger partial charge is 0.204 e. The lowest BCUT2D eigenvalue weighted by molar-refractivity contribution is 0.826. The monoisotopic (exact) mass is 344 g/mol. The predicted octanol–water partition coefficient (Wildman–Crippen LogP) is 5.70. The maximum absolute atomic E-state index is 6.20. The third-order valence-corrected chi connectivity index (χ3v) is 4.41. The highest BCUT2D eigenvalue weighted by Crippen LogP contribution is 2.30. The Balaban J connectivity index is 2.14. The summed E-state index contributed by atoms with van der Waals surface area (Å²) in [7, 11) is 0. The Kier molecular flexibility index (Phi) is 3.83. The number of hydrogen-bond donors (Lipinski definition) is 0. The van der Waals surface area contributed by atoms with Gasteiger partial charge in [-0.15, -0.1) is 0 Å². The topological polar surface area (TPSA) is 17.8 Å². The molecule has 3 aromatic rings. The molecule has 0 N–H and O–H groups in total. The standard InChI is InChI=1S/C14H8Cl4N2/c15-9-4-2-1-3-8(9)7-20-13-6-11(17)10(16)5-12(13)19-14(20)18/h1-6H,7H2. The Morgan fingerprint density at radius 1 is 0.900 bits per heavy atom. The molecule has 0 saturated heterocycles. The Morgan fingerprint density at radius 3 is 2.35 bits per heavy atom. The molecule has 0 unspecified atom stereocenters. The first kappa shape index (κ1) is 14.0. The minimum atomic E-state index is 0.373. The molecular formula is C14H8Cl4N2. The van der Waals surface area contributed by atoms with Crippen molar-refractivity contribution in [1.82, 2.24) is 9.55 Å². The van der Waals surface area contributed by atoms with E-state index in [0.29, 0.717) is 32.4 Å². The van der Waals surface area contributed by atoms with E-state index in [4.69, 9.17) is 46.4 Å². The van der Waals surface area contributed by atoms with Crippen LogP contribution in [0.3, 0.4) is 0 Å². The van der Waals surface area contributed by atoms with Gasteiger partial charge in [0.05, 0.1) is 27.6 Å². The van der Waals surface area contributed by atoms with E-state index in [9.17, 15) is 0 Å². The molecule has 0 spiro atoms. The van der Waals surface area contributed by atoms with E-state index >= 15 is 0 Å². The van der Waals surface area contributed by atoms with Gasteiger partial charge in [0.1, 0.15) is 0 Å². The van der Waals surface area contributed by atoms with Gasteiger partial charge in [-0.05, 0) is 35.4 Å². The summed E-state index contributed by atoms with van der Waals surface area (Å²) < 4.78 is 1.85. The van der Waals surface area contributed by atoms with E-state index in [2.05, 4.69) is 4.98 Å². The van der Waals surface area contributed by atoms with E-state index in [1.807, 2.05) is 28.8 Å². The molecule has 0 radical (unpaired) electrons. The van der Waals surface area contributed by atoms with Gasteiger partial charge in [-0.25, -0.2) is 4.98 Å². The molecule has 0 amide bonds. The summed E-state index contributed by atoms with van der Waals surface area (Å²) in [5, 5.41) is 1.98. The fraction of sp³-hybridized carbons (Fsp3) is 0.0714. The van der Waals surface area contributed by atoms with Crippen LogP contribution in [0.1, 0.15) is 5.56 Å². The van der Waals surface area contributed by atoms with Crippen molar-refractivity contribution in [1.29, 1.82) is 0 Å². The molecule has 0 atom stereocenters. The van der Waals surface area contributed by atoms with Crippen LogP contribution >= 0.6 is 46.4 Å². The highest BCUT2D eigenvalue weighted by molar-refractivity contribution is 6.42. The van der Waals surface area contributed by atoms with Crippen molar-refractivity contribution in [2.24, 2.45) is 0 Å². The molecule has 1 heterocycles. The Labute approximate surface area is 135 Å². The summed E-state index contributed by atoms with van der Waals surface area (Å²) >= 11 is 24.4. The fourth-order valence-electron chi connectivity index (χ4n) is 2.04. The number of rotatable bonds is 2. The van der Waals surface area contributed by atoms with Crippen LogP contribution in [0.4, 0.5) is 0 Å². The molecule has 0 aliphatic rings. The highest BCUT2D eigenvalue weighted by Gasteiger charge is 2.13. The van der Waals surface area contributed by atoms with Crippen molar-refractivity contribution in [3.05, 3.63) is 62.3 Å². The molecule has 102 valence electrons. The molecule has 2 aromatic carbocycles. The second-order valence-corrected chi connectivity index (χ2v) is 5.87. The van der Waals surface area contributed by atoms with Crippen molar-refractivity contribution in [2.75, 3.05) is 0 Å². The van der Waals surface area contributed by atoms with Crippen LogP contribution in [0, 0.1) is 0 Å². The van der Waals surface area contributed by atoms with E-state index in [1.165, 1.54) is 0 Å². The van der Waals surface area contributed by atoms with Gasteiger partial charge in [0.15, 0.2) is 0 Å². The van der Waals surface area contributed by atoms with Gasteiger partial charge in [-0.1, -0.05) is 53.0 Å². The van der Waals surface area contributed by atoms with Crippen LogP contribution in [0.2, 0.25) is 20.4 Å². The number of imidazole rings is 1. The zero-order valence-electron chi connectivity index (χ0n) is 10.1. The average molecular weight is 346 g/mol. The Bertz CT molecular complexity index is 795. The first-order valence-corrected chi connectivity index (χ1v) is 7.31. The van der Waals surface area contributed by atoms with Gasteiger partial charge in [-0.3, -0.25) is 0 Å². The Hall–Kier alpha value is -0.930. The van der Waals surface area contributed by atoms with Gasteiger partial charge < -0.3 is 4.57 Å². The number of fused-ring (bicyclic) bond motifs is 1. The molecule has 0 saturated carbocycles. The number of benzene rings is 2. The molecule has 0 aliphatic carbocycles. The zero-order valence-corrected chi connectivity index (χ0v) is 13.1. The van der Waals surface area contributed by atoms with Crippen LogP contribution in [0.5, 0.6) is 0 Å². The molecule has 0 aliphatic heterocycles. The third kappa shape index (κ3) is 2.49. The zero-order chi connectivity index (χ0) is 14.3. The van der Waals surface area contributed by atoms with Crippen LogP contribution in [0.15, 0.2) is 36.4 Å². The lowest BCUT2D eigenvalue weighted by atomic mass is 10.2. The normalized spacial score (nSPS) is 11.2. The van der Waals surface area contributed by atoms with Crippen LogP contribution < -0.4 is 0 Å². The van der Waals surface area contributed by atoms with Crippen molar-refractivity contribution < 1.29 is 0 Å². The van der Waals surface area contributed by atoms with Crippen molar-refractivity contribution in [3.8, 4) is 0 Å². The predicted molar refractivity (Wildman–Crippen MR) is 85.3 cm³/mol. The van der Waals surface area contributed by atoms with Gasteiger partial charge in [0.2, 0.25) is 5.28 Å². The minimum absolute atomic E-state index is 0.373. The van der Waals surface area contributed by atoms with Crippen molar-refractivity contribution in [3.63, 3.8) is 0 Å². The van der Waals surface area contributed by atoms with Crippen LogP contribution in [-0.2, 0) is 6.54 Å². The minimum Gasteiger partial charge on any atom is -0.310 e. The summed E-state index contributed by atoms with van der Waals surface area (Å²) in [4.78, 5) is 4.28. The third-order valence-electron chi connectivity index (χ3n) is 3.03. The largest absolute Gasteiger partial charge is 0.310 e. The summed E-state index contributed by atoms with van der Waals surface area (Å²) in [5.41, 5.74) is 2.49. The van der Waals surface area contributed by atoms with E-state index in [1.54, 1.807) is 12.1 Å². The molecule has 20 heavy (non-hydrogen) atoms. The summed E-state index contributed by atoms with van der Waals surface area (Å²) in [5.74, 6) is 0. The molecule has 1 aromatic heterocycles. The maximum atomic E-state index is 6.20. The number of nitrogens with zero attached hydrogens (tertiary/aromatic N) is 2. The molecular weight excluding hydrogens is 338 g/mol.